The predicted octanol–water partition coefficient (Wildman–Crippen LogP) is 5.56. The zero-order valence-electron chi connectivity index (χ0n) is 18.3. The first-order valence-corrected chi connectivity index (χ1v) is 10.5. The van der Waals surface area contributed by atoms with Crippen LogP contribution in [0.4, 0.5) is 5.69 Å². The Hall–Kier alpha value is -3.71. The molecule has 0 atom stereocenters. The fourth-order valence-corrected chi connectivity index (χ4v) is 3.68. The smallest absolute Gasteiger partial charge is 0.261 e. The van der Waals surface area contributed by atoms with Gasteiger partial charge in [-0.2, -0.15) is 0 Å². The van der Waals surface area contributed by atoms with Gasteiger partial charge in [0.2, 0.25) is 5.89 Å². The number of hydrogen-bond donors (Lipinski definition) is 2. The molecule has 3 aromatic carbocycles. The Kier molecular flexibility index (Phi) is 5.92. The molecule has 7 heteroatoms. The van der Waals surface area contributed by atoms with Gasteiger partial charge >= 0.3 is 0 Å². The van der Waals surface area contributed by atoms with Crippen molar-refractivity contribution in [3.05, 3.63) is 76.9 Å². The van der Waals surface area contributed by atoms with Crippen LogP contribution in [0.2, 0.25) is 0 Å². The molecule has 0 aliphatic carbocycles. The third-order valence-electron chi connectivity index (χ3n) is 5.16. The Labute approximate surface area is 191 Å². The Bertz CT molecular complexity index is 1340. The summed E-state index contributed by atoms with van der Waals surface area (Å²) in [5.74, 6) is 0.705. The van der Waals surface area contributed by atoms with Gasteiger partial charge in [0, 0.05) is 11.3 Å². The SMILES string of the molecule is COc1c(C)cccc1C(=O)NC(=S)Nc1cc(-c2nc3cc(C)ccc3o2)ccc1C. The van der Waals surface area contributed by atoms with Crippen molar-refractivity contribution in [3.63, 3.8) is 0 Å². The highest BCUT2D eigenvalue weighted by Gasteiger charge is 2.16. The number of thiocarbonyl (C=S) groups is 1. The number of aromatic nitrogens is 1. The molecule has 0 saturated heterocycles. The van der Waals surface area contributed by atoms with Crippen LogP contribution in [-0.4, -0.2) is 23.1 Å². The highest BCUT2D eigenvalue weighted by molar-refractivity contribution is 7.80. The number of nitrogens with zero attached hydrogens (tertiary/aromatic N) is 1. The number of methoxy groups -OCH3 is 1. The number of rotatable bonds is 4. The zero-order chi connectivity index (χ0) is 22.8. The Morgan fingerprint density at radius 1 is 1.03 bits per heavy atom. The first kappa shape index (κ1) is 21.5. The van der Waals surface area contributed by atoms with E-state index in [0.717, 1.165) is 39.0 Å². The molecule has 6 nitrogen and oxygen atoms in total. The van der Waals surface area contributed by atoms with Crippen LogP contribution in [0.15, 0.2) is 59.0 Å². The second kappa shape index (κ2) is 8.80. The van der Waals surface area contributed by atoms with E-state index in [1.165, 1.54) is 7.11 Å². The van der Waals surface area contributed by atoms with E-state index in [-0.39, 0.29) is 11.0 Å². The number of benzene rings is 3. The molecule has 0 saturated carbocycles. The second-order valence-corrected chi connectivity index (χ2v) is 7.99. The number of hydrogen-bond acceptors (Lipinski definition) is 5. The summed E-state index contributed by atoms with van der Waals surface area (Å²) in [5.41, 5.74) is 6.48. The molecule has 1 amide bonds. The lowest BCUT2D eigenvalue weighted by Gasteiger charge is -2.14. The summed E-state index contributed by atoms with van der Waals surface area (Å²) in [4.78, 5) is 17.3. The van der Waals surface area contributed by atoms with Crippen molar-refractivity contribution in [3.8, 4) is 17.2 Å². The van der Waals surface area contributed by atoms with Gasteiger partial charge in [-0.25, -0.2) is 4.98 Å². The summed E-state index contributed by atoms with van der Waals surface area (Å²) in [6.45, 7) is 5.85. The van der Waals surface area contributed by atoms with E-state index in [1.807, 2.05) is 63.2 Å². The number of fused-ring (bicyclic) bond motifs is 1. The summed E-state index contributed by atoms with van der Waals surface area (Å²) in [6, 6.07) is 17.1. The van der Waals surface area contributed by atoms with E-state index in [2.05, 4.69) is 15.6 Å². The number of ether oxygens (including phenoxy) is 1. The average Bonchev–Trinajstić information content (AvgIpc) is 3.18. The molecule has 0 radical (unpaired) electrons. The molecule has 0 fully saturated rings. The van der Waals surface area contributed by atoms with Crippen molar-refractivity contribution in [1.82, 2.24) is 10.3 Å². The molecule has 2 N–H and O–H groups in total. The number of carbonyl (C=O) groups excluding carboxylic acids is 1. The summed E-state index contributed by atoms with van der Waals surface area (Å²) >= 11 is 5.39. The Morgan fingerprint density at radius 3 is 2.62 bits per heavy atom. The number of amides is 1. The summed E-state index contributed by atoms with van der Waals surface area (Å²) in [5, 5.41) is 6.02. The maximum atomic E-state index is 12.7. The van der Waals surface area contributed by atoms with Gasteiger partial charge in [-0.3, -0.25) is 10.1 Å². The van der Waals surface area contributed by atoms with E-state index >= 15 is 0 Å². The summed E-state index contributed by atoms with van der Waals surface area (Å²) < 4.78 is 11.3. The monoisotopic (exact) mass is 445 g/mol. The van der Waals surface area contributed by atoms with Gasteiger partial charge in [0.15, 0.2) is 10.7 Å². The van der Waals surface area contributed by atoms with Crippen molar-refractivity contribution >= 4 is 40.0 Å². The minimum atomic E-state index is -0.342. The van der Waals surface area contributed by atoms with Crippen molar-refractivity contribution in [2.45, 2.75) is 20.8 Å². The van der Waals surface area contributed by atoms with E-state index in [9.17, 15) is 4.79 Å². The third-order valence-corrected chi connectivity index (χ3v) is 5.37. The number of oxazole rings is 1. The standard InChI is InChI=1S/C25H23N3O3S/c1-14-8-11-21-20(12-14)26-24(31-21)17-10-9-15(2)19(13-17)27-25(32)28-23(29)18-7-5-6-16(3)22(18)30-4/h5-13H,1-4H3,(H2,27,28,29,32). The van der Waals surface area contributed by atoms with Crippen LogP contribution in [-0.2, 0) is 0 Å². The van der Waals surface area contributed by atoms with Crippen molar-refractivity contribution < 1.29 is 13.9 Å². The highest BCUT2D eigenvalue weighted by atomic mass is 32.1. The lowest BCUT2D eigenvalue weighted by atomic mass is 10.1. The van der Waals surface area contributed by atoms with E-state index in [0.29, 0.717) is 17.2 Å². The molecule has 0 bridgehead atoms. The number of para-hydroxylation sites is 1. The van der Waals surface area contributed by atoms with Gasteiger partial charge in [-0.1, -0.05) is 24.3 Å². The minimum Gasteiger partial charge on any atom is -0.496 e. The van der Waals surface area contributed by atoms with Crippen LogP contribution in [0.25, 0.3) is 22.6 Å². The van der Waals surface area contributed by atoms with Gasteiger partial charge < -0.3 is 14.5 Å². The molecule has 1 heterocycles. The fourth-order valence-electron chi connectivity index (χ4n) is 3.48. The lowest BCUT2D eigenvalue weighted by Crippen LogP contribution is -2.34. The normalized spacial score (nSPS) is 10.8. The molecule has 0 aliphatic heterocycles. The molecule has 0 unspecified atom stereocenters. The van der Waals surface area contributed by atoms with Crippen LogP contribution in [0.5, 0.6) is 5.75 Å². The number of anilines is 1. The zero-order valence-corrected chi connectivity index (χ0v) is 19.1. The molecule has 4 rings (SSSR count). The molecule has 1 aromatic heterocycles. The first-order chi connectivity index (χ1) is 15.4. The fraction of sp³-hybridized carbons (Fsp3) is 0.160. The van der Waals surface area contributed by atoms with Crippen molar-refractivity contribution in [2.75, 3.05) is 12.4 Å². The van der Waals surface area contributed by atoms with Crippen molar-refractivity contribution in [2.24, 2.45) is 0 Å². The summed E-state index contributed by atoms with van der Waals surface area (Å²) in [6.07, 6.45) is 0. The molecule has 4 aromatic rings. The van der Waals surface area contributed by atoms with Crippen LogP contribution in [0.1, 0.15) is 27.0 Å². The van der Waals surface area contributed by atoms with Crippen LogP contribution >= 0.6 is 12.2 Å². The molecular weight excluding hydrogens is 422 g/mol. The quantitative estimate of drug-likeness (QED) is 0.401. The van der Waals surface area contributed by atoms with Gasteiger partial charge in [0.25, 0.3) is 5.91 Å². The Morgan fingerprint density at radius 2 is 1.84 bits per heavy atom. The lowest BCUT2D eigenvalue weighted by molar-refractivity contribution is 0.0974. The Balaban J connectivity index is 1.54. The predicted molar refractivity (Wildman–Crippen MR) is 130 cm³/mol. The van der Waals surface area contributed by atoms with Crippen LogP contribution in [0.3, 0.4) is 0 Å². The number of nitrogens with one attached hydrogen (secondary N) is 2. The maximum absolute atomic E-state index is 12.7. The highest BCUT2D eigenvalue weighted by Crippen LogP contribution is 2.28. The average molecular weight is 446 g/mol. The van der Waals surface area contributed by atoms with Gasteiger partial charge in [0.05, 0.1) is 12.7 Å². The van der Waals surface area contributed by atoms with E-state index < -0.39 is 0 Å². The minimum absolute atomic E-state index is 0.187. The van der Waals surface area contributed by atoms with Gasteiger partial charge in [0.1, 0.15) is 11.3 Å². The first-order valence-electron chi connectivity index (χ1n) is 10.1. The molecule has 0 spiro atoms. The molecule has 162 valence electrons. The van der Waals surface area contributed by atoms with Crippen LogP contribution in [0, 0.1) is 20.8 Å². The topological polar surface area (TPSA) is 76.4 Å². The van der Waals surface area contributed by atoms with Gasteiger partial charge in [-0.05, 0) is 80.0 Å². The van der Waals surface area contributed by atoms with Crippen LogP contribution < -0.4 is 15.4 Å². The number of aryl methyl sites for hydroxylation is 3. The van der Waals surface area contributed by atoms with E-state index in [1.54, 1.807) is 12.1 Å². The molecule has 0 aliphatic rings. The molecule has 32 heavy (non-hydrogen) atoms. The third kappa shape index (κ3) is 4.33. The number of carbonyl (C=O) groups is 1. The maximum Gasteiger partial charge on any atom is 0.261 e. The second-order valence-electron chi connectivity index (χ2n) is 7.58. The molecular formula is C25H23N3O3S. The van der Waals surface area contributed by atoms with Gasteiger partial charge in [-0.15, -0.1) is 0 Å². The van der Waals surface area contributed by atoms with Crippen molar-refractivity contribution in [1.29, 1.82) is 0 Å². The summed E-state index contributed by atoms with van der Waals surface area (Å²) in [7, 11) is 1.54. The van der Waals surface area contributed by atoms with E-state index in [4.69, 9.17) is 21.4 Å². The largest absolute Gasteiger partial charge is 0.496 e.